The van der Waals surface area contributed by atoms with Crippen LogP contribution in [0, 0.1) is 0 Å². The van der Waals surface area contributed by atoms with Crippen LogP contribution in [0.15, 0.2) is 36.7 Å². The second-order valence-corrected chi connectivity index (χ2v) is 6.32. The van der Waals surface area contributed by atoms with Crippen LogP contribution in [0.25, 0.3) is 0 Å². The summed E-state index contributed by atoms with van der Waals surface area (Å²) >= 11 is 0. The highest BCUT2D eigenvalue weighted by molar-refractivity contribution is 5.74. The van der Waals surface area contributed by atoms with Crippen molar-refractivity contribution in [3.05, 3.63) is 36.7 Å². The molecule has 1 atom stereocenters. The van der Waals surface area contributed by atoms with Gasteiger partial charge in [0.2, 0.25) is 5.88 Å². The Morgan fingerprint density at radius 3 is 2.81 bits per heavy atom. The summed E-state index contributed by atoms with van der Waals surface area (Å²) in [4.78, 5) is 24.7. The number of ether oxygens (including phenoxy) is 2. The summed E-state index contributed by atoms with van der Waals surface area (Å²) in [5, 5.41) is 2.86. The maximum absolute atomic E-state index is 12.1. The van der Waals surface area contributed by atoms with Gasteiger partial charge in [0.1, 0.15) is 23.6 Å². The molecule has 2 aromatic rings. The largest absolute Gasteiger partial charge is 0.497 e. The highest BCUT2D eigenvalue weighted by Gasteiger charge is 2.28. The molecular formula is C19H25N5O3. The van der Waals surface area contributed by atoms with Gasteiger partial charge in [-0.25, -0.2) is 14.8 Å². The molecule has 1 N–H and O–H groups in total. The van der Waals surface area contributed by atoms with Crippen LogP contribution in [-0.2, 0) is 0 Å². The van der Waals surface area contributed by atoms with Crippen LogP contribution in [0.5, 0.6) is 17.4 Å². The average Bonchev–Trinajstić information content (AvgIpc) is 2.68. The lowest BCUT2D eigenvalue weighted by molar-refractivity contribution is 0.172. The molecule has 27 heavy (non-hydrogen) atoms. The molecule has 1 aliphatic rings. The molecule has 0 bridgehead atoms. The standard InChI is InChI=1S/C19H25N5O3/c1-4-20-19(25)24-9-8-23(12-14(24)2)17-11-18(22-13-21-17)27-16-7-5-6-15(10-16)26-3/h5-7,10-11,13-14H,4,8-9,12H2,1-3H3,(H,20,25). The molecule has 8 nitrogen and oxygen atoms in total. The fourth-order valence-corrected chi connectivity index (χ4v) is 3.06. The normalized spacial score (nSPS) is 16.8. The number of nitrogens with one attached hydrogen (secondary N) is 1. The molecule has 1 fully saturated rings. The van der Waals surface area contributed by atoms with Gasteiger partial charge in [-0.2, -0.15) is 0 Å². The molecule has 144 valence electrons. The Morgan fingerprint density at radius 2 is 2.07 bits per heavy atom. The summed E-state index contributed by atoms with van der Waals surface area (Å²) in [7, 11) is 1.61. The zero-order chi connectivity index (χ0) is 19.2. The first-order chi connectivity index (χ1) is 13.1. The van der Waals surface area contributed by atoms with E-state index < -0.39 is 0 Å². The van der Waals surface area contributed by atoms with Crippen molar-refractivity contribution in [1.29, 1.82) is 0 Å². The average molecular weight is 371 g/mol. The van der Waals surface area contributed by atoms with Gasteiger partial charge in [-0.15, -0.1) is 0 Å². The molecule has 8 heteroatoms. The van der Waals surface area contributed by atoms with Gasteiger partial charge in [-0.1, -0.05) is 6.07 Å². The number of carbonyl (C=O) groups excluding carboxylic acids is 1. The van der Waals surface area contributed by atoms with E-state index in [1.807, 2.05) is 43.0 Å². The lowest BCUT2D eigenvalue weighted by Gasteiger charge is -2.40. The van der Waals surface area contributed by atoms with E-state index in [0.717, 1.165) is 11.6 Å². The molecular weight excluding hydrogens is 346 g/mol. The second kappa shape index (κ2) is 8.57. The minimum Gasteiger partial charge on any atom is -0.497 e. The summed E-state index contributed by atoms with van der Waals surface area (Å²) in [6.07, 6.45) is 1.49. The van der Waals surface area contributed by atoms with Gasteiger partial charge in [0.15, 0.2) is 0 Å². The lowest BCUT2D eigenvalue weighted by Crippen LogP contribution is -2.56. The van der Waals surface area contributed by atoms with Crippen LogP contribution in [0.1, 0.15) is 13.8 Å². The van der Waals surface area contributed by atoms with E-state index in [9.17, 15) is 4.79 Å². The van der Waals surface area contributed by atoms with Crippen LogP contribution in [0.3, 0.4) is 0 Å². The topological polar surface area (TPSA) is 79.8 Å². The number of rotatable bonds is 5. The number of hydrogen-bond donors (Lipinski definition) is 1. The quantitative estimate of drug-likeness (QED) is 0.870. The molecule has 1 aromatic carbocycles. The Kier molecular flexibility index (Phi) is 5.95. The number of hydrogen-bond acceptors (Lipinski definition) is 6. The number of methoxy groups -OCH3 is 1. The predicted octanol–water partition coefficient (Wildman–Crippen LogP) is 2.52. The fraction of sp³-hybridized carbons (Fsp3) is 0.421. The smallest absolute Gasteiger partial charge is 0.317 e. The number of nitrogens with zero attached hydrogens (tertiary/aromatic N) is 4. The molecule has 1 unspecified atom stereocenters. The lowest BCUT2D eigenvalue weighted by atomic mass is 10.2. The zero-order valence-electron chi connectivity index (χ0n) is 15.9. The zero-order valence-corrected chi connectivity index (χ0v) is 15.9. The van der Waals surface area contributed by atoms with Gasteiger partial charge in [-0.05, 0) is 26.0 Å². The van der Waals surface area contributed by atoms with Crippen LogP contribution in [-0.4, -0.2) is 60.2 Å². The van der Waals surface area contributed by atoms with Gasteiger partial charge in [-0.3, -0.25) is 0 Å². The highest BCUT2D eigenvalue weighted by Crippen LogP contribution is 2.26. The molecule has 2 heterocycles. The third-order valence-electron chi connectivity index (χ3n) is 4.43. The van der Waals surface area contributed by atoms with E-state index >= 15 is 0 Å². The molecule has 2 amide bonds. The first kappa shape index (κ1) is 18.8. The van der Waals surface area contributed by atoms with Crippen molar-refractivity contribution in [2.75, 3.05) is 38.2 Å². The highest BCUT2D eigenvalue weighted by atomic mass is 16.5. The SMILES string of the molecule is CCNC(=O)N1CCN(c2cc(Oc3cccc(OC)c3)ncn2)CC1C. The summed E-state index contributed by atoms with van der Waals surface area (Å²) < 4.78 is 11.0. The maximum Gasteiger partial charge on any atom is 0.317 e. The minimum atomic E-state index is -0.0191. The first-order valence-electron chi connectivity index (χ1n) is 9.04. The van der Waals surface area contributed by atoms with Gasteiger partial charge in [0, 0.05) is 44.4 Å². The van der Waals surface area contributed by atoms with E-state index in [1.165, 1.54) is 6.33 Å². The predicted molar refractivity (Wildman–Crippen MR) is 103 cm³/mol. The Morgan fingerprint density at radius 1 is 1.26 bits per heavy atom. The minimum absolute atomic E-state index is 0.0191. The van der Waals surface area contributed by atoms with Gasteiger partial charge >= 0.3 is 6.03 Å². The van der Waals surface area contributed by atoms with E-state index in [0.29, 0.717) is 37.8 Å². The number of urea groups is 1. The Labute approximate surface area is 159 Å². The van der Waals surface area contributed by atoms with Crippen molar-refractivity contribution in [1.82, 2.24) is 20.2 Å². The van der Waals surface area contributed by atoms with Crippen molar-refractivity contribution < 1.29 is 14.3 Å². The Hall–Kier alpha value is -3.03. The van der Waals surface area contributed by atoms with Crippen molar-refractivity contribution in [2.24, 2.45) is 0 Å². The van der Waals surface area contributed by atoms with E-state index in [1.54, 1.807) is 13.2 Å². The summed E-state index contributed by atoms with van der Waals surface area (Å²) in [5.41, 5.74) is 0. The van der Waals surface area contributed by atoms with Crippen molar-refractivity contribution in [2.45, 2.75) is 19.9 Å². The molecule has 0 saturated carbocycles. The number of amides is 2. The van der Waals surface area contributed by atoms with Crippen molar-refractivity contribution in [3.63, 3.8) is 0 Å². The molecule has 1 saturated heterocycles. The van der Waals surface area contributed by atoms with E-state index in [-0.39, 0.29) is 12.1 Å². The van der Waals surface area contributed by atoms with Crippen LogP contribution >= 0.6 is 0 Å². The van der Waals surface area contributed by atoms with Crippen LogP contribution < -0.4 is 19.7 Å². The number of piperazine rings is 1. The fourth-order valence-electron chi connectivity index (χ4n) is 3.06. The Bertz CT molecular complexity index is 785. The second-order valence-electron chi connectivity index (χ2n) is 6.32. The van der Waals surface area contributed by atoms with Gasteiger partial charge in [0.05, 0.1) is 7.11 Å². The third kappa shape index (κ3) is 4.58. The van der Waals surface area contributed by atoms with E-state index in [2.05, 4.69) is 20.2 Å². The summed E-state index contributed by atoms with van der Waals surface area (Å²) in [6, 6.07) is 9.24. The number of anilines is 1. The molecule has 0 radical (unpaired) electrons. The maximum atomic E-state index is 12.1. The molecule has 1 aromatic heterocycles. The summed E-state index contributed by atoms with van der Waals surface area (Å²) in [5.74, 6) is 2.61. The van der Waals surface area contributed by atoms with Gasteiger partial charge in [0.25, 0.3) is 0 Å². The number of carbonyl (C=O) groups is 1. The van der Waals surface area contributed by atoms with Crippen LogP contribution in [0.2, 0.25) is 0 Å². The van der Waals surface area contributed by atoms with Gasteiger partial charge < -0.3 is 24.6 Å². The molecule has 0 aliphatic carbocycles. The number of benzene rings is 1. The molecule has 0 spiro atoms. The van der Waals surface area contributed by atoms with E-state index in [4.69, 9.17) is 9.47 Å². The molecule has 3 rings (SSSR count). The van der Waals surface area contributed by atoms with Crippen LogP contribution in [0.4, 0.5) is 10.6 Å². The number of aromatic nitrogens is 2. The van der Waals surface area contributed by atoms with Crippen molar-refractivity contribution >= 4 is 11.8 Å². The van der Waals surface area contributed by atoms with Crippen molar-refractivity contribution in [3.8, 4) is 17.4 Å². The Balaban J connectivity index is 1.68. The summed E-state index contributed by atoms with van der Waals surface area (Å²) in [6.45, 7) is 6.63. The first-order valence-corrected chi connectivity index (χ1v) is 9.04. The monoisotopic (exact) mass is 371 g/mol. The third-order valence-corrected chi connectivity index (χ3v) is 4.43. The molecule has 1 aliphatic heterocycles.